The normalized spacial score (nSPS) is 22.1. The molecule has 2 aliphatic rings. The topological polar surface area (TPSA) is 66.9 Å². The molecular formula is C22H25FN2O4S. The van der Waals surface area contributed by atoms with E-state index in [0.29, 0.717) is 19.5 Å². The van der Waals surface area contributed by atoms with Gasteiger partial charge in [-0.05, 0) is 42.7 Å². The molecule has 160 valence electrons. The molecule has 6 nitrogen and oxygen atoms in total. The Balaban J connectivity index is 1.33. The average Bonchev–Trinajstić information content (AvgIpc) is 2.74. The van der Waals surface area contributed by atoms with Crippen molar-refractivity contribution in [2.45, 2.75) is 36.4 Å². The maximum absolute atomic E-state index is 13.1. The molecule has 2 fully saturated rings. The smallest absolute Gasteiger partial charge is 0.243 e. The van der Waals surface area contributed by atoms with Gasteiger partial charge < -0.3 is 9.64 Å². The van der Waals surface area contributed by atoms with E-state index in [1.165, 1.54) is 22.0 Å². The number of morpholine rings is 2. The number of nitrogens with zero attached hydrogens (tertiary/aromatic N) is 2. The van der Waals surface area contributed by atoms with Gasteiger partial charge in [-0.3, -0.25) is 4.79 Å². The van der Waals surface area contributed by atoms with Gasteiger partial charge in [0.15, 0.2) is 0 Å². The predicted molar refractivity (Wildman–Crippen MR) is 110 cm³/mol. The van der Waals surface area contributed by atoms with Crippen LogP contribution in [0.25, 0.3) is 0 Å². The first kappa shape index (κ1) is 21.0. The van der Waals surface area contributed by atoms with Crippen molar-refractivity contribution >= 4 is 15.9 Å². The molecular weight excluding hydrogens is 407 g/mol. The SMILES string of the molecule is O=C(CCCc1ccccc1)N1CC2CN(S(=O)(=O)c3ccc(F)cc3)CC(C1)O2. The van der Waals surface area contributed by atoms with Crippen LogP contribution >= 0.6 is 0 Å². The first-order chi connectivity index (χ1) is 14.4. The minimum absolute atomic E-state index is 0.0673. The molecule has 2 aliphatic heterocycles. The molecule has 8 heteroatoms. The van der Waals surface area contributed by atoms with E-state index in [0.717, 1.165) is 25.0 Å². The largest absolute Gasteiger partial charge is 0.369 e. The van der Waals surface area contributed by atoms with E-state index in [-0.39, 0.29) is 36.1 Å². The second kappa shape index (κ2) is 8.83. The lowest BCUT2D eigenvalue weighted by Crippen LogP contribution is -2.61. The Labute approximate surface area is 176 Å². The van der Waals surface area contributed by atoms with Gasteiger partial charge in [0.25, 0.3) is 0 Å². The van der Waals surface area contributed by atoms with E-state index in [2.05, 4.69) is 12.1 Å². The van der Waals surface area contributed by atoms with Gasteiger partial charge in [0, 0.05) is 32.6 Å². The predicted octanol–water partition coefficient (Wildman–Crippen LogP) is 2.45. The highest BCUT2D eigenvalue weighted by Gasteiger charge is 2.40. The average molecular weight is 433 g/mol. The number of halogens is 1. The van der Waals surface area contributed by atoms with Crippen LogP contribution in [-0.2, 0) is 26.0 Å². The van der Waals surface area contributed by atoms with Crippen molar-refractivity contribution < 1.29 is 22.3 Å². The Hall–Kier alpha value is -2.29. The Morgan fingerprint density at radius 2 is 1.60 bits per heavy atom. The van der Waals surface area contributed by atoms with E-state index in [4.69, 9.17) is 4.74 Å². The van der Waals surface area contributed by atoms with Crippen molar-refractivity contribution in [3.05, 3.63) is 66.0 Å². The fourth-order valence-electron chi connectivity index (χ4n) is 4.06. The van der Waals surface area contributed by atoms with E-state index >= 15 is 0 Å². The Kier molecular flexibility index (Phi) is 6.17. The molecule has 0 spiro atoms. The summed E-state index contributed by atoms with van der Waals surface area (Å²) in [5.74, 6) is -0.395. The van der Waals surface area contributed by atoms with E-state index < -0.39 is 15.8 Å². The molecule has 2 aromatic rings. The van der Waals surface area contributed by atoms with Gasteiger partial charge in [-0.2, -0.15) is 4.31 Å². The van der Waals surface area contributed by atoms with Crippen molar-refractivity contribution in [2.24, 2.45) is 0 Å². The highest BCUT2D eigenvalue weighted by Crippen LogP contribution is 2.25. The first-order valence-electron chi connectivity index (χ1n) is 10.1. The van der Waals surface area contributed by atoms with Crippen molar-refractivity contribution in [3.63, 3.8) is 0 Å². The van der Waals surface area contributed by atoms with Crippen LogP contribution in [0.15, 0.2) is 59.5 Å². The van der Waals surface area contributed by atoms with Crippen LogP contribution in [0.4, 0.5) is 4.39 Å². The van der Waals surface area contributed by atoms with Crippen LogP contribution in [0.1, 0.15) is 18.4 Å². The van der Waals surface area contributed by atoms with Crippen molar-refractivity contribution in [1.82, 2.24) is 9.21 Å². The molecule has 2 atom stereocenters. The summed E-state index contributed by atoms with van der Waals surface area (Å²) in [5.41, 5.74) is 1.21. The Morgan fingerprint density at radius 3 is 2.23 bits per heavy atom. The van der Waals surface area contributed by atoms with Crippen molar-refractivity contribution in [2.75, 3.05) is 26.2 Å². The van der Waals surface area contributed by atoms with Gasteiger partial charge >= 0.3 is 0 Å². The maximum Gasteiger partial charge on any atom is 0.243 e. The van der Waals surface area contributed by atoms with Gasteiger partial charge in [0.1, 0.15) is 5.82 Å². The van der Waals surface area contributed by atoms with Gasteiger partial charge in [-0.25, -0.2) is 12.8 Å². The number of rotatable bonds is 6. The third-order valence-electron chi connectivity index (χ3n) is 5.55. The molecule has 0 N–H and O–H groups in total. The van der Waals surface area contributed by atoms with Crippen LogP contribution in [-0.4, -0.2) is 61.9 Å². The molecule has 2 aromatic carbocycles. The second-order valence-corrected chi connectivity index (χ2v) is 9.73. The molecule has 0 aromatic heterocycles. The third-order valence-corrected chi connectivity index (χ3v) is 7.40. The number of benzene rings is 2. The molecule has 2 bridgehead atoms. The van der Waals surface area contributed by atoms with E-state index in [1.54, 1.807) is 4.90 Å². The number of fused-ring (bicyclic) bond motifs is 2. The number of aryl methyl sites for hydroxylation is 1. The van der Waals surface area contributed by atoms with Gasteiger partial charge in [-0.15, -0.1) is 0 Å². The zero-order valence-corrected chi connectivity index (χ0v) is 17.4. The van der Waals surface area contributed by atoms with Gasteiger partial charge in [-0.1, -0.05) is 30.3 Å². The second-order valence-electron chi connectivity index (χ2n) is 7.79. The summed E-state index contributed by atoms with van der Waals surface area (Å²) in [6, 6.07) is 14.9. The summed E-state index contributed by atoms with van der Waals surface area (Å²) in [6.07, 6.45) is 1.39. The summed E-state index contributed by atoms with van der Waals surface area (Å²) in [7, 11) is -3.72. The highest BCUT2D eigenvalue weighted by molar-refractivity contribution is 7.89. The van der Waals surface area contributed by atoms with Crippen LogP contribution in [0.5, 0.6) is 0 Å². The standard InChI is InChI=1S/C22H25FN2O4S/c23-18-9-11-21(12-10-18)30(27,28)25-15-19-13-24(14-20(16-25)29-19)22(26)8-4-7-17-5-2-1-3-6-17/h1-3,5-6,9-12,19-20H,4,7-8,13-16H2. The first-order valence-corrected chi connectivity index (χ1v) is 11.6. The summed E-state index contributed by atoms with van der Waals surface area (Å²) in [4.78, 5) is 14.5. The number of carbonyl (C=O) groups is 1. The number of hydrogen-bond acceptors (Lipinski definition) is 4. The molecule has 4 rings (SSSR count). The van der Waals surface area contributed by atoms with E-state index in [1.807, 2.05) is 18.2 Å². The Morgan fingerprint density at radius 1 is 0.967 bits per heavy atom. The number of sulfonamides is 1. The monoisotopic (exact) mass is 432 g/mol. The van der Waals surface area contributed by atoms with Gasteiger partial charge in [0.2, 0.25) is 15.9 Å². The van der Waals surface area contributed by atoms with Crippen LogP contribution in [0, 0.1) is 5.82 Å². The minimum Gasteiger partial charge on any atom is -0.369 e. The summed E-state index contributed by atoms with van der Waals surface area (Å²) in [5, 5.41) is 0. The quantitative estimate of drug-likeness (QED) is 0.703. The molecule has 2 saturated heterocycles. The summed E-state index contributed by atoms with van der Waals surface area (Å²) in [6.45, 7) is 1.14. The fraction of sp³-hybridized carbons (Fsp3) is 0.409. The zero-order chi connectivity index (χ0) is 21.1. The molecule has 2 heterocycles. The maximum atomic E-state index is 13.1. The molecule has 2 unspecified atom stereocenters. The number of carbonyl (C=O) groups excluding carboxylic acids is 1. The molecule has 1 amide bonds. The summed E-state index contributed by atoms with van der Waals surface area (Å²) < 4.78 is 46.2. The lowest BCUT2D eigenvalue weighted by molar-refractivity contribution is -0.154. The summed E-state index contributed by atoms with van der Waals surface area (Å²) >= 11 is 0. The number of amides is 1. The molecule has 0 saturated carbocycles. The number of hydrogen-bond donors (Lipinski definition) is 0. The fourth-order valence-corrected chi connectivity index (χ4v) is 5.56. The van der Waals surface area contributed by atoms with E-state index in [9.17, 15) is 17.6 Å². The zero-order valence-electron chi connectivity index (χ0n) is 16.6. The minimum atomic E-state index is -3.72. The van der Waals surface area contributed by atoms with Crippen LogP contribution in [0.2, 0.25) is 0 Å². The third kappa shape index (κ3) is 4.71. The van der Waals surface area contributed by atoms with Crippen molar-refractivity contribution in [3.8, 4) is 0 Å². The van der Waals surface area contributed by atoms with Crippen LogP contribution in [0.3, 0.4) is 0 Å². The molecule has 0 radical (unpaired) electrons. The number of ether oxygens (including phenoxy) is 1. The molecule has 30 heavy (non-hydrogen) atoms. The highest BCUT2D eigenvalue weighted by atomic mass is 32.2. The Bertz CT molecular complexity index is 968. The lowest BCUT2D eigenvalue weighted by Gasteiger charge is -2.45. The van der Waals surface area contributed by atoms with Gasteiger partial charge in [0.05, 0.1) is 17.1 Å². The van der Waals surface area contributed by atoms with Crippen LogP contribution < -0.4 is 0 Å². The lowest BCUT2D eigenvalue weighted by atomic mass is 10.1. The van der Waals surface area contributed by atoms with Crippen molar-refractivity contribution in [1.29, 1.82) is 0 Å². The molecule has 0 aliphatic carbocycles.